The number of nitrogens with one attached hydrogen (secondary N) is 2. The summed E-state index contributed by atoms with van der Waals surface area (Å²) in [4.78, 5) is 14.2. The SMILES string of the molecule is Cc1ccc(NC(=O)NCC2CCN(C)CC2)cc1C. The normalized spacial score (nSPS) is 16.9. The van der Waals surface area contributed by atoms with E-state index in [1.807, 2.05) is 18.2 Å². The number of benzene rings is 1. The van der Waals surface area contributed by atoms with Crippen molar-refractivity contribution in [1.82, 2.24) is 10.2 Å². The number of piperidine rings is 1. The molecule has 2 N–H and O–H groups in total. The van der Waals surface area contributed by atoms with E-state index in [0.717, 1.165) is 25.3 Å². The average molecular weight is 275 g/mol. The van der Waals surface area contributed by atoms with Gasteiger partial charge in [0.25, 0.3) is 0 Å². The van der Waals surface area contributed by atoms with Crippen LogP contribution in [0.25, 0.3) is 0 Å². The zero-order chi connectivity index (χ0) is 14.5. The van der Waals surface area contributed by atoms with Gasteiger partial charge in [0.05, 0.1) is 0 Å². The van der Waals surface area contributed by atoms with Crippen LogP contribution in [0.1, 0.15) is 24.0 Å². The summed E-state index contributed by atoms with van der Waals surface area (Å²) in [7, 11) is 2.15. The molecular formula is C16H25N3O. The van der Waals surface area contributed by atoms with Gasteiger partial charge < -0.3 is 15.5 Å². The molecule has 0 spiro atoms. The van der Waals surface area contributed by atoms with E-state index in [4.69, 9.17) is 0 Å². The number of nitrogens with zero attached hydrogens (tertiary/aromatic N) is 1. The van der Waals surface area contributed by atoms with Crippen molar-refractivity contribution in [3.8, 4) is 0 Å². The van der Waals surface area contributed by atoms with E-state index in [2.05, 4.69) is 36.4 Å². The standard InChI is InChI=1S/C16H25N3O/c1-12-4-5-15(10-13(12)2)18-16(20)17-11-14-6-8-19(3)9-7-14/h4-5,10,14H,6-9,11H2,1-3H3,(H2,17,18,20). The van der Waals surface area contributed by atoms with Gasteiger partial charge in [0.15, 0.2) is 0 Å². The summed E-state index contributed by atoms with van der Waals surface area (Å²) in [5.74, 6) is 0.608. The summed E-state index contributed by atoms with van der Waals surface area (Å²) < 4.78 is 0. The van der Waals surface area contributed by atoms with Crippen LogP contribution in [0, 0.1) is 19.8 Å². The summed E-state index contributed by atoms with van der Waals surface area (Å²) in [6.45, 7) is 7.15. The van der Waals surface area contributed by atoms with Gasteiger partial charge in [0, 0.05) is 12.2 Å². The molecular weight excluding hydrogens is 250 g/mol. The van der Waals surface area contributed by atoms with Crippen LogP contribution in [0.4, 0.5) is 10.5 Å². The topological polar surface area (TPSA) is 44.4 Å². The number of hydrogen-bond donors (Lipinski definition) is 2. The van der Waals surface area contributed by atoms with E-state index in [0.29, 0.717) is 5.92 Å². The molecule has 0 saturated carbocycles. The maximum atomic E-state index is 11.9. The first-order chi connectivity index (χ1) is 9.54. The molecule has 1 aliphatic heterocycles. The molecule has 2 rings (SSSR count). The molecule has 0 bridgehead atoms. The lowest BCUT2D eigenvalue weighted by molar-refractivity contribution is 0.213. The van der Waals surface area contributed by atoms with Gasteiger partial charge >= 0.3 is 6.03 Å². The largest absolute Gasteiger partial charge is 0.338 e. The molecule has 0 radical (unpaired) electrons. The fourth-order valence-electron chi connectivity index (χ4n) is 2.50. The Kier molecular flexibility index (Phi) is 5.01. The number of anilines is 1. The van der Waals surface area contributed by atoms with Gasteiger partial charge in [-0.25, -0.2) is 4.79 Å². The number of likely N-dealkylation sites (tertiary alicyclic amines) is 1. The number of rotatable bonds is 3. The molecule has 1 saturated heterocycles. The highest BCUT2D eigenvalue weighted by Crippen LogP contribution is 2.16. The monoisotopic (exact) mass is 275 g/mol. The minimum Gasteiger partial charge on any atom is -0.338 e. The quantitative estimate of drug-likeness (QED) is 0.891. The first-order valence-electron chi connectivity index (χ1n) is 7.35. The third kappa shape index (κ3) is 4.23. The van der Waals surface area contributed by atoms with Gasteiger partial charge in [-0.15, -0.1) is 0 Å². The molecule has 0 aliphatic carbocycles. The van der Waals surface area contributed by atoms with E-state index in [1.54, 1.807) is 0 Å². The Labute approximate surface area is 121 Å². The van der Waals surface area contributed by atoms with Crippen molar-refractivity contribution in [1.29, 1.82) is 0 Å². The van der Waals surface area contributed by atoms with Gasteiger partial charge in [0.2, 0.25) is 0 Å². The molecule has 4 nitrogen and oxygen atoms in total. The van der Waals surface area contributed by atoms with E-state index in [9.17, 15) is 4.79 Å². The van der Waals surface area contributed by atoms with Crippen LogP contribution >= 0.6 is 0 Å². The van der Waals surface area contributed by atoms with Crippen molar-refractivity contribution in [2.45, 2.75) is 26.7 Å². The number of urea groups is 1. The average Bonchev–Trinajstić information content (AvgIpc) is 2.42. The smallest absolute Gasteiger partial charge is 0.319 e. The van der Waals surface area contributed by atoms with Crippen molar-refractivity contribution in [3.63, 3.8) is 0 Å². The van der Waals surface area contributed by atoms with Gasteiger partial charge in [-0.05, 0) is 76.0 Å². The molecule has 1 aromatic rings. The van der Waals surface area contributed by atoms with Crippen LogP contribution < -0.4 is 10.6 Å². The third-order valence-electron chi connectivity index (χ3n) is 4.15. The predicted molar refractivity (Wildman–Crippen MR) is 83.2 cm³/mol. The number of aryl methyl sites for hydroxylation is 2. The Bertz CT molecular complexity index is 465. The van der Waals surface area contributed by atoms with E-state index in [1.165, 1.54) is 24.0 Å². The van der Waals surface area contributed by atoms with E-state index >= 15 is 0 Å². The summed E-state index contributed by atoms with van der Waals surface area (Å²) >= 11 is 0. The minimum absolute atomic E-state index is 0.104. The maximum Gasteiger partial charge on any atom is 0.319 e. The molecule has 20 heavy (non-hydrogen) atoms. The van der Waals surface area contributed by atoms with E-state index in [-0.39, 0.29) is 6.03 Å². The molecule has 0 atom stereocenters. The van der Waals surface area contributed by atoms with Crippen LogP contribution in [0.15, 0.2) is 18.2 Å². The van der Waals surface area contributed by atoms with E-state index < -0.39 is 0 Å². The van der Waals surface area contributed by atoms with Gasteiger partial charge in [-0.1, -0.05) is 6.07 Å². The fourth-order valence-corrected chi connectivity index (χ4v) is 2.50. The number of hydrogen-bond acceptors (Lipinski definition) is 2. The highest BCUT2D eigenvalue weighted by molar-refractivity contribution is 5.89. The lowest BCUT2D eigenvalue weighted by atomic mass is 9.97. The zero-order valence-electron chi connectivity index (χ0n) is 12.7. The predicted octanol–water partition coefficient (Wildman–Crippen LogP) is 2.77. The highest BCUT2D eigenvalue weighted by Gasteiger charge is 2.17. The molecule has 0 unspecified atom stereocenters. The molecule has 1 heterocycles. The van der Waals surface area contributed by atoms with Gasteiger partial charge in [-0.3, -0.25) is 0 Å². The van der Waals surface area contributed by atoms with Crippen molar-refractivity contribution in [3.05, 3.63) is 29.3 Å². The Morgan fingerprint density at radius 2 is 1.95 bits per heavy atom. The summed E-state index contributed by atoms with van der Waals surface area (Å²) in [6.07, 6.45) is 2.33. The molecule has 1 aromatic carbocycles. The first-order valence-corrected chi connectivity index (χ1v) is 7.35. The minimum atomic E-state index is -0.104. The van der Waals surface area contributed by atoms with Crippen molar-refractivity contribution in [2.24, 2.45) is 5.92 Å². The van der Waals surface area contributed by atoms with Crippen molar-refractivity contribution >= 4 is 11.7 Å². The van der Waals surface area contributed by atoms with Gasteiger partial charge in [0.1, 0.15) is 0 Å². The Hall–Kier alpha value is -1.55. The molecule has 2 amide bonds. The fraction of sp³-hybridized carbons (Fsp3) is 0.562. The first kappa shape index (κ1) is 14.9. The summed E-state index contributed by atoms with van der Waals surface area (Å²) in [5.41, 5.74) is 3.29. The van der Waals surface area contributed by atoms with Crippen molar-refractivity contribution in [2.75, 3.05) is 32.0 Å². The van der Waals surface area contributed by atoms with Crippen LogP contribution in [-0.2, 0) is 0 Å². The van der Waals surface area contributed by atoms with Crippen molar-refractivity contribution < 1.29 is 4.79 Å². The molecule has 110 valence electrons. The third-order valence-corrected chi connectivity index (χ3v) is 4.15. The second-order valence-corrected chi connectivity index (χ2v) is 5.88. The van der Waals surface area contributed by atoms with Crippen LogP contribution in [0.5, 0.6) is 0 Å². The number of amides is 2. The molecule has 4 heteroatoms. The number of carbonyl (C=O) groups excluding carboxylic acids is 1. The molecule has 1 aliphatic rings. The van der Waals surface area contributed by atoms with Gasteiger partial charge in [-0.2, -0.15) is 0 Å². The Morgan fingerprint density at radius 3 is 2.60 bits per heavy atom. The second kappa shape index (κ2) is 6.75. The number of carbonyl (C=O) groups is 1. The maximum absolute atomic E-state index is 11.9. The molecule has 0 aromatic heterocycles. The summed E-state index contributed by atoms with van der Waals surface area (Å²) in [5, 5.41) is 5.88. The Balaban J connectivity index is 1.76. The lowest BCUT2D eigenvalue weighted by Crippen LogP contribution is -2.38. The van der Waals surface area contributed by atoms with Crippen LogP contribution in [0.3, 0.4) is 0 Å². The highest BCUT2D eigenvalue weighted by atomic mass is 16.2. The second-order valence-electron chi connectivity index (χ2n) is 5.88. The molecule has 1 fully saturated rings. The lowest BCUT2D eigenvalue weighted by Gasteiger charge is -2.28. The zero-order valence-corrected chi connectivity index (χ0v) is 12.7. The summed E-state index contributed by atoms with van der Waals surface area (Å²) in [6, 6.07) is 5.87. The van der Waals surface area contributed by atoms with Crippen LogP contribution in [0.2, 0.25) is 0 Å². The van der Waals surface area contributed by atoms with Crippen LogP contribution in [-0.4, -0.2) is 37.6 Å². The Morgan fingerprint density at radius 1 is 1.25 bits per heavy atom.